The van der Waals surface area contributed by atoms with E-state index in [1.54, 1.807) is 30.6 Å². The zero-order valence-corrected chi connectivity index (χ0v) is 12.1. The van der Waals surface area contributed by atoms with Crippen LogP contribution in [0.3, 0.4) is 0 Å². The number of nitro groups is 1. The minimum absolute atomic E-state index is 0.159. The summed E-state index contributed by atoms with van der Waals surface area (Å²) in [5.74, 6) is 0.715. The van der Waals surface area contributed by atoms with Crippen molar-refractivity contribution in [2.75, 3.05) is 36.0 Å². The third-order valence-corrected chi connectivity index (χ3v) is 3.75. The monoisotopic (exact) mass is 299 g/mol. The molecule has 2 aromatic rings. The fourth-order valence-electron chi connectivity index (χ4n) is 2.70. The molecule has 0 saturated carbocycles. The summed E-state index contributed by atoms with van der Waals surface area (Å²) in [7, 11) is 0. The molecule has 1 saturated heterocycles. The number of nitrogens with zero attached hydrogens (tertiary/aromatic N) is 5. The van der Waals surface area contributed by atoms with Crippen molar-refractivity contribution < 1.29 is 4.92 Å². The molecule has 1 fully saturated rings. The molecule has 2 heterocycles. The number of aromatic nitrogens is 2. The summed E-state index contributed by atoms with van der Waals surface area (Å²) in [4.78, 5) is 23.6. The number of benzene rings is 1. The number of anilines is 2. The predicted molar refractivity (Wildman–Crippen MR) is 84.2 cm³/mol. The van der Waals surface area contributed by atoms with Gasteiger partial charge in [-0.15, -0.1) is 0 Å². The maximum Gasteiger partial charge on any atom is 0.292 e. The Hall–Kier alpha value is -2.70. The summed E-state index contributed by atoms with van der Waals surface area (Å²) in [5.41, 5.74) is 0.843. The van der Waals surface area contributed by atoms with Gasteiger partial charge in [0, 0.05) is 44.6 Å². The van der Waals surface area contributed by atoms with E-state index in [4.69, 9.17) is 0 Å². The van der Waals surface area contributed by atoms with E-state index in [2.05, 4.69) is 19.8 Å². The van der Waals surface area contributed by atoms with E-state index < -0.39 is 0 Å². The van der Waals surface area contributed by atoms with Crippen molar-refractivity contribution in [2.45, 2.75) is 6.42 Å². The lowest BCUT2D eigenvalue weighted by atomic mass is 10.2. The third kappa shape index (κ3) is 2.98. The molecule has 0 aliphatic carbocycles. The van der Waals surface area contributed by atoms with Gasteiger partial charge in [-0.25, -0.2) is 9.97 Å². The van der Waals surface area contributed by atoms with E-state index >= 15 is 0 Å². The van der Waals surface area contributed by atoms with Gasteiger partial charge in [0.2, 0.25) is 5.95 Å². The molecule has 0 N–H and O–H groups in total. The molecule has 1 aromatic heterocycles. The van der Waals surface area contributed by atoms with E-state index in [9.17, 15) is 10.1 Å². The molecule has 0 spiro atoms. The van der Waals surface area contributed by atoms with Gasteiger partial charge in [-0.05, 0) is 18.6 Å². The number of rotatable bonds is 3. The highest BCUT2D eigenvalue weighted by Gasteiger charge is 2.22. The van der Waals surface area contributed by atoms with Crippen LogP contribution in [0.15, 0.2) is 42.7 Å². The number of hydrogen-bond acceptors (Lipinski definition) is 6. The second-order valence-corrected chi connectivity index (χ2v) is 5.12. The molecular weight excluding hydrogens is 282 g/mol. The predicted octanol–water partition coefficient (Wildman–Crippen LogP) is 2.10. The van der Waals surface area contributed by atoms with Crippen LogP contribution in [0, 0.1) is 10.1 Å². The van der Waals surface area contributed by atoms with Crippen molar-refractivity contribution in [1.82, 2.24) is 9.97 Å². The smallest absolute Gasteiger partial charge is 0.292 e. The zero-order valence-electron chi connectivity index (χ0n) is 12.1. The molecule has 0 amide bonds. The Morgan fingerprint density at radius 3 is 2.41 bits per heavy atom. The minimum Gasteiger partial charge on any atom is -0.364 e. The Kier molecular flexibility index (Phi) is 4.13. The second kappa shape index (κ2) is 6.38. The van der Waals surface area contributed by atoms with Crippen molar-refractivity contribution in [3.63, 3.8) is 0 Å². The molecule has 3 rings (SSSR count). The first-order valence-electron chi connectivity index (χ1n) is 7.26. The Bertz CT molecular complexity index is 649. The summed E-state index contributed by atoms with van der Waals surface area (Å²) in [5, 5.41) is 11.2. The Morgan fingerprint density at radius 2 is 1.64 bits per heavy atom. The fourth-order valence-corrected chi connectivity index (χ4v) is 2.70. The van der Waals surface area contributed by atoms with Crippen LogP contribution in [-0.2, 0) is 0 Å². The van der Waals surface area contributed by atoms with Crippen LogP contribution in [-0.4, -0.2) is 41.1 Å². The van der Waals surface area contributed by atoms with Crippen LogP contribution in [0.4, 0.5) is 17.3 Å². The van der Waals surface area contributed by atoms with Gasteiger partial charge >= 0.3 is 0 Å². The molecule has 7 nitrogen and oxygen atoms in total. The van der Waals surface area contributed by atoms with Gasteiger partial charge in [0.25, 0.3) is 5.69 Å². The highest BCUT2D eigenvalue weighted by atomic mass is 16.6. The lowest BCUT2D eigenvalue weighted by Crippen LogP contribution is -2.31. The Balaban J connectivity index is 1.77. The quantitative estimate of drug-likeness (QED) is 0.638. The van der Waals surface area contributed by atoms with Crippen LogP contribution in [0.25, 0.3) is 0 Å². The number of para-hydroxylation sites is 2. The van der Waals surface area contributed by atoms with Crippen LogP contribution in [0.2, 0.25) is 0 Å². The molecule has 7 heteroatoms. The Labute approximate surface area is 128 Å². The van der Waals surface area contributed by atoms with E-state index in [0.29, 0.717) is 18.2 Å². The second-order valence-electron chi connectivity index (χ2n) is 5.12. The lowest BCUT2D eigenvalue weighted by molar-refractivity contribution is -0.384. The van der Waals surface area contributed by atoms with Crippen molar-refractivity contribution in [3.05, 3.63) is 52.8 Å². The van der Waals surface area contributed by atoms with Crippen LogP contribution < -0.4 is 9.80 Å². The molecular formula is C15H17N5O2. The lowest BCUT2D eigenvalue weighted by Gasteiger charge is -2.23. The minimum atomic E-state index is -0.321. The summed E-state index contributed by atoms with van der Waals surface area (Å²) in [6, 6.07) is 8.70. The fraction of sp³-hybridized carbons (Fsp3) is 0.333. The van der Waals surface area contributed by atoms with Gasteiger partial charge in [-0.2, -0.15) is 0 Å². The van der Waals surface area contributed by atoms with Gasteiger partial charge in [-0.3, -0.25) is 10.1 Å². The van der Waals surface area contributed by atoms with E-state index in [0.717, 1.165) is 26.1 Å². The summed E-state index contributed by atoms with van der Waals surface area (Å²) in [6.45, 7) is 3.09. The molecule has 1 aliphatic heterocycles. The highest BCUT2D eigenvalue weighted by Crippen LogP contribution is 2.28. The number of nitro benzene ring substituents is 1. The average molecular weight is 299 g/mol. The van der Waals surface area contributed by atoms with Crippen LogP contribution >= 0.6 is 0 Å². The van der Waals surface area contributed by atoms with Gasteiger partial charge in [-0.1, -0.05) is 12.1 Å². The normalized spacial score (nSPS) is 15.5. The van der Waals surface area contributed by atoms with Crippen molar-refractivity contribution in [2.24, 2.45) is 0 Å². The number of hydrogen-bond donors (Lipinski definition) is 0. The van der Waals surface area contributed by atoms with Crippen molar-refractivity contribution in [3.8, 4) is 0 Å². The summed E-state index contributed by atoms with van der Waals surface area (Å²) >= 11 is 0. The summed E-state index contributed by atoms with van der Waals surface area (Å²) < 4.78 is 0. The molecule has 114 valence electrons. The molecule has 0 unspecified atom stereocenters. The molecule has 0 bridgehead atoms. The first-order chi connectivity index (χ1) is 10.8. The largest absolute Gasteiger partial charge is 0.364 e. The van der Waals surface area contributed by atoms with Gasteiger partial charge in [0.1, 0.15) is 5.69 Å². The van der Waals surface area contributed by atoms with Crippen LogP contribution in [0.5, 0.6) is 0 Å². The maximum atomic E-state index is 11.2. The Morgan fingerprint density at radius 1 is 0.955 bits per heavy atom. The molecule has 0 atom stereocenters. The molecule has 1 aliphatic rings. The SMILES string of the molecule is O=[N+]([O-])c1ccccc1N1CCCN(c2ncccn2)CC1. The van der Waals surface area contributed by atoms with E-state index in [-0.39, 0.29) is 10.6 Å². The van der Waals surface area contributed by atoms with Gasteiger partial charge < -0.3 is 9.80 Å². The topological polar surface area (TPSA) is 75.4 Å². The zero-order chi connectivity index (χ0) is 15.4. The maximum absolute atomic E-state index is 11.2. The van der Waals surface area contributed by atoms with Gasteiger partial charge in [0.15, 0.2) is 0 Å². The van der Waals surface area contributed by atoms with E-state index in [1.807, 2.05) is 12.1 Å². The average Bonchev–Trinajstić information content (AvgIpc) is 2.81. The first kappa shape index (κ1) is 14.2. The van der Waals surface area contributed by atoms with Gasteiger partial charge in [0.05, 0.1) is 4.92 Å². The highest BCUT2D eigenvalue weighted by molar-refractivity contribution is 5.63. The van der Waals surface area contributed by atoms with Crippen LogP contribution in [0.1, 0.15) is 6.42 Å². The molecule has 1 aromatic carbocycles. The van der Waals surface area contributed by atoms with Crippen molar-refractivity contribution >= 4 is 17.3 Å². The third-order valence-electron chi connectivity index (χ3n) is 3.75. The van der Waals surface area contributed by atoms with E-state index in [1.165, 1.54) is 0 Å². The first-order valence-corrected chi connectivity index (χ1v) is 7.26. The summed E-state index contributed by atoms with van der Waals surface area (Å²) in [6.07, 6.45) is 4.37. The molecule has 0 radical (unpaired) electrons. The van der Waals surface area contributed by atoms with Crippen molar-refractivity contribution in [1.29, 1.82) is 0 Å². The molecule has 22 heavy (non-hydrogen) atoms. The standard InChI is InChI=1S/C15H17N5O2/c21-20(22)14-6-2-1-5-13(14)18-9-4-10-19(12-11-18)15-16-7-3-8-17-15/h1-3,5-8H,4,9-12H2.